The number of rotatable bonds is 5. The molecular weight excluding hydrogens is 356 g/mol. The van der Waals surface area contributed by atoms with Crippen LogP contribution in [0, 0.1) is 0 Å². The lowest BCUT2D eigenvalue weighted by Crippen LogP contribution is -2.24. The molecule has 2 aromatic rings. The Balaban J connectivity index is 1.47. The number of nitrogens with zero attached hydrogens (tertiary/aromatic N) is 1. The third kappa shape index (κ3) is 4.17. The van der Waals surface area contributed by atoms with Crippen molar-refractivity contribution >= 4 is 17.8 Å². The summed E-state index contributed by atoms with van der Waals surface area (Å²) in [5.74, 6) is 2.75. The van der Waals surface area contributed by atoms with Crippen molar-refractivity contribution in [3.63, 3.8) is 0 Å². The number of carbonyl (C=O) groups is 1. The molecular formula is C22H22N2O4. The van der Waals surface area contributed by atoms with Gasteiger partial charge in [0.2, 0.25) is 0 Å². The molecule has 2 heterocycles. The summed E-state index contributed by atoms with van der Waals surface area (Å²) < 4.78 is 16.6. The molecule has 0 aromatic heterocycles. The molecule has 28 heavy (non-hydrogen) atoms. The number of aryl methyl sites for hydroxylation is 1. The summed E-state index contributed by atoms with van der Waals surface area (Å²) in [6.45, 7) is 1.27. The van der Waals surface area contributed by atoms with Crippen LogP contribution in [0.25, 0.3) is 6.08 Å². The van der Waals surface area contributed by atoms with E-state index in [0.29, 0.717) is 36.9 Å². The summed E-state index contributed by atoms with van der Waals surface area (Å²) in [5.41, 5.74) is 2.39. The third-order valence-electron chi connectivity index (χ3n) is 4.61. The van der Waals surface area contributed by atoms with Crippen LogP contribution in [0.5, 0.6) is 17.2 Å². The second kappa shape index (κ2) is 8.17. The summed E-state index contributed by atoms with van der Waals surface area (Å²) in [5, 5.41) is 2.85. The first-order chi connectivity index (χ1) is 13.7. The number of fused-ring (bicyclic) bond motifs is 1. The van der Waals surface area contributed by atoms with Gasteiger partial charge in [-0.05, 0) is 47.9 Å². The van der Waals surface area contributed by atoms with Gasteiger partial charge in [0.1, 0.15) is 17.3 Å². The van der Waals surface area contributed by atoms with Gasteiger partial charge in [0.25, 0.3) is 5.91 Å². The average Bonchev–Trinajstić information content (AvgIpc) is 2.91. The molecule has 1 amide bonds. The number of carbonyl (C=O) groups excluding carboxylic acids is 1. The van der Waals surface area contributed by atoms with Crippen molar-refractivity contribution < 1.29 is 19.0 Å². The molecule has 1 N–H and O–H groups in total. The minimum Gasteiger partial charge on any atom is -0.497 e. The molecule has 0 fully saturated rings. The quantitative estimate of drug-likeness (QED) is 0.810. The van der Waals surface area contributed by atoms with Crippen molar-refractivity contribution in [3.05, 3.63) is 59.3 Å². The van der Waals surface area contributed by atoms with Gasteiger partial charge in [-0.1, -0.05) is 18.2 Å². The van der Waals surface area contributed by atoms with Crippen molar-refractivity contribution in [2.24, 2.45) is 4.99 Å². The molecule has 0 aliphatic carbocycles. The Morgan fingerprint density at radius 1 is 1.11 bits per heavy atom. The second-order valence-electron chi connectivity index (χ2n) is 6.65. The SMILES string of the molecule is COc1cccc(CCC2=N/C(=C/c3ccc4c(c3)OCCCO4)C(=O)N2)c1. The summed E-state index contributed by atoms with van der Waals surface area (Å²) >= 11 is 0. The molecule has 144 valence electrons. The molecule has 0 unspecified atom stereocenters. The number of amidine groups is 1. The second-order valence-corrected chi connectivity index (χ2v) is 6.65. The highest BCUT2D eigenvalue weighted by Crippen LogP contribution is 2.31. The number of methoxy groups -OCH3 is 1. The minimum atomic E-state index is -0.187. The van der Waals surface area contributed by atoms with E-state index in [9.17, 15) is 4.79 Å². The van der Waals surface area contributed by atoms with Crippen LogP contribution in [-0.4, -0.2) is 32.1 Å². The van der Waals surface area contributed by atoms with Crippen molar-refractivity contribution in [1.82, 2.24) is 5.32 Å². The zero-order valence-corrected chi connectivity index (χ0v) is 15.7. The predicted octanol–water partition coefficient (Wildman–Crippen LogP) is 3.36. The van der Waals surface area contributed by atoms with Crippen molar-refractivity contribution in [3.8, 4) is 17.2 Å². The molecule has 0 atom stereocenters. The van der Waals surface area contributed by atoms with Gasteiger partial charge in [-0.3, -0.25) is 4.79 Å². The van der Waals surface area contributed by atoms with Gasteiger partial charge < -0.3 is 19.5 Å². The standard InChI is InChI=1S/C22H22N2O4/c1-26-17-5-2-4-15(12-17)7-9-21-23-18(22(25)24-21)13-16-6-8-19-20(14-16)28-11-3-10-27-19/h2,4-6,8,12-14H,3,7,9-11H2,1H3,(H,23,24,25)/b18-13+. The van der Waals surface area contributed by atoms with Crippen LogP contribution in [-0.2, 0) is 11.2 Å². The van der Waals surface area contributed by atoms with Crippen LogP contribution in [0.3, 0.4) is 0 Å². The van der Waals surface area contributed by atoms with Crippen molar-refractivity contribution in [1.29, 1.82) is 0 Å². The highest BCUT2D eigenvalue weighted by atomic mass is 16.5. The van der Waals surface area contributed by atoms with Crippen LogP contribution < -0.4 is 19.5 Å². The van der Waals surface area contributed by atoms with Gasteiger partial charge in [-0.25, -0.2) is 4.99 Å². The number of ether oxygens (including phenoxy) is 3. The Hall–Kier alpha value is -3.28. The normalized spacial score (nSPS) is 17.1. The van der Waals surface area contributed by atoms with Crippen LogP contribution in [0.4, 0.5) is 0 Å². The van der Waals surface area contributed by atoms with Crippen LogP contribution in [0.15, 0.2) is 53.2 Å². The average molecular weight is 378 g/mol. The zero-order valence-electron chi connectivity index (χ0n) is 15.7. The number of aliphatic imine (C=N–C) groups is 1. The Labute approximate surface area is 163 Å². The Kier molecular flexibility index (Phi) is 5.28. The number of nitrogens with one attached hydrogen (secondary N) is 1. The lowest BCUT2D eigenvalue weighted by Gasteiger charge is -2.07. The van der Waals surface area contributed by atoms with Crippen molar-refractivity contribution in [2.45, 2.75) is 19.3 Å². The predicted molar refractivity (Wildman–Crippen MR) is 107 cm³/mol. The highest BCUT2D eigenvalue weighted by molar-refractivity contribution is 6.14. The fraction of sp³-hybridized carbons (Fsp3) is 0.273. The third-order valence-corrected chi connectivity index (χ3v) is 4.61. The maximum absolute atomic E-state index is 12.3. The molecule has 0 saturated heterocycles. The van der Waals surface area contributed by atoms with Gasteiger partial charge in [0, 0.05) is 12.8 Å². The first-order valence-corrected chi connectivity index (χ1v) is 9.34. The van der Waals surface area contributed by atoms with Crippen LogP contribution >= 0.6 is 0 Å². The van der Waals surface area contributed by atoms with Crippen LogP contribution in [0.2, 0.25) is 0 Å². The lowest BCUT2D eigenvalue weighted by molar-refractivity contribution is -0.115. The van der Waals surface area contributed by atoms with E-state index in [2.05, 4.69) is 10.3 Å². The summed E-state index contributed by atoms with van der Waals surface area (Å²) in [7, 11) is 1.65. The fourth-order valence-electron chi connectivity index (χ4n) is 3.15. The van der Waals surface area contributed by atoms with E-state index in [0.717, 1.165) is 35.5 Å². The first-order valence-electron chi connectivity index (χ1n) is 9.34. The molecule has 0 spiro atoms. The van der Waals surface area contributed by atoms with Gasteiger partial charge in [0.05, 0.1) is 20.3 Å². The number of benzene rings is 2. The molecule has 2 aliphatic rings. The van der Waals surface area contributed by atoms with Gasteiger partial charge in [-0.2, -0.15) is 0 Å². The number of hydrogen-bond donors (Lipinski definition) is 1. The Morgan fingerprint density at radius 3 is 2.82 bits per heavy atom. The van der Waals surface area contributed by atoms with E-state index >= 15 is 0 Å². The molecule has 6 nitrogen and oxygen atoms in total. The van der Waals surface area contributed by atoms with E-state index in [1.807, 2.05) is 42.5 Å². The summed E-state index contributed by atoms with van der Waals surface area (Å²) in [6.07, 6.45) is 4.04. The minimum absolute atomic E-state index is 0.187. The smallest absolute Gasteiger partial charge is 0.275 e. The van der Waals surface area contributed by atoms with Crippen LogP contribution in [0.1, 0.15) is 24.0 Å². The fourth-order valence-corrected chi connectivity index (χ4v) is 3.15. The summed E-state index contributed by atoms with van der Waals surface area (Å²) in [6, 6.07) is 13.5. The van der Waals surface area contributed by atoms with Gasteiger partial charge in [0.15, 0.2) is 11.5 Å². The maximum atomic E-state index is 12.3. The van der Waals surface area contributed by atoms with Crippen molar-refractivity contribution in [2.75, 3.05) is 20.3 Å². The molecule has 0 saturated carbocycles. The summed E-state index contributed by atoms with van der Waals surface area (Å²) in [4.78, 5) is 16.7. The van der Waals surface area contributed by atoms with E-state index < -0.39 is 0 Å². The zero-order chi connectivity index (χ0) is 19.3. The Bertz CT molecular complexity index is 949. The first kappa shape index (κ1) is 18.1. The molecule has 2 aromatic carbocycles. The maximum Gasteiger partial charge on any atom is 0.275 e. The van der Waals surface area contributed by atoms with E-state index in [4.69, 9.17) is 14.2 Å². The lowest BCUT2D eigenvalue weighted by atomic mass is 10.1. The van der Waals surface area contributed by atoms with Gasteiger partial charge >= 0.3 is 0 Å². The topological polar surface area (TPSA) is 69.1 Å². The molecule has 6 heteroatoms. The number of hydrogen-bond acceptors (Lipinski definition) is 5. The molecule has 2 aliphatic heterocycles. The Morgan fingerprint density at radius 2 is 1.96 bits per heavy atom. The molecule has 4 rings (SSSR count). The van der Waals surface area contributed by atoms with Gasteiger partial charge in [-0.15, -0.1) is 0 Å². The van der Waals surface area contributed by atoms with E-state index in [-0.39, 0.29) is 5.91 Å². The largest absolute Gasteiger partial charge is 0.497 e. The molecule has 0 bridgehead atoms. The highest BCUT2D eigenvalue weighted by Gasteiger charge is 2.20. The van der Waals surface area contributed by atoms with E-state index in [1.165, 1.54) is 0 Å². The van der Waals surface area contributed by atoms with E-state index in [1.54, 1.807) is 13.2 Å². The molecule has 0 radical (unpaired) electrons. The monoisotopic (exact) mass is 378 g/mol. The number of amides is 1.